The minimum atomic E-state index is -0.832. The van der Waals surface area contributed by atoms with Gasteiger partial charge in [-0.2, -0.15) is 0 Å². The Morgan fingerprint density at radius 1 is 1.35 bits per heavy atom. The van der Waals surface area contributed by atoms with Gasteiger partial charge in [-0.05, 0) is 43.6 Å². The van der Waals surface area contributed by atoms with Gasteiger partial charge in [-0.25, -0.2) is 4.79 Å². The van der Waals surface area contributed by atoms with Crippen LogP contribution in [0.15, 0.2) is 11.6 Å². The fraction of sp³-hybridized carbons (Fsp3) is 0.786. The first-order valence-corrected chi connectivity index (χ1v) is 6.58. The van der Waals surface area contributed by atoms with Gasteiger partial charge in [0.05, 0.1) is 12.7 Å². The van der Waals surface area contributed by atoms with Gasteiger partial charge < -0.3 is 9.84 Å². The molecule has 0 aromatic carbocycles. The fourth-order valence-corrected chi connectivity index (χ4v) is 2.32. The normalized spacial score (nSPS) is 30.3. The number of carbonyl (C=O) groups is 1. The molecule has 1 N–H and O–H groups in total. The Balaban J connectivity index is 2.34. The highest BCUT2D eigenvalue weighted by Gasteiger charge is 2.24. The van der Waals surface area contributed by atoms with Crippen molar-refractivity contribution in [1.82, 2.24) is 0 Å². The maximum atomic E-state index is 10.8. The Bertz CT molecular complexity index is 283. The molecule has 0 radical (unpaired) electrons. The van der Waals surface area contributed by atoms with Gasteiger partial charge in [0.1, 0.15) is 0 Å². The van der Waals surface area contributed by atoms with Crippen LogP contribution in [-0.2, 0) is 9.53 Å². The highest BCUT2D eigenvalue weighted by atomic mass is 16.5. The molecule has 0 amide bonds. The summed E-state index contributed by atoms with van der Waals surface area (Å²) in [6.07, 6.45) is 5.98. The Kier molecular flexibility index (Phi) is 5.69. The van der Waals surface area contributed by atoms with Gasteiger partial charge in [-0.1, -0.05) is 20.8 Å². The molecule has 1 aliphatic carbocycles. The monoisotopic (exact) mass is 240 g/mol. The van der Waals surface area contributed by atoms with Crippen molar-refractivity contribution in [2.24, 2.45) is 11.8 Å². The molecule has 17 heavy (non-hydrogen) atoms. The smallest absolute Gasteiger partial charge is 0.331 e. The van der Waals surface area contributed by atoms with Crippen LogP contribution in [0.2, 0.25) is 0 Å². The Morgan fingerprint density at radius 3 is 2.59 bits per heavy atom. The summed E-state index contributed by atoms with van der Waals surface area (Å²) < 4.78 is 5.74. The van der Waals surface area contributed by atoms with E-state index in [2.05, 4.69) is 13.8 Å². The molecule has 3 unspecified atom stereocenters. The quantitative estimate of drug-likeness (QED) is 0.750. The predicted molar refractivity (Wildman–Crippen MR) is 67.9 cm³/mol. The highest BCUT2D eigenvalue weighted by molar-refractivity contribution is 5.86. The van der Waals surface area contributed by atoms with Gasteiger partial charge in [-0.15, -0.1) is 0 Å². The second kappa shape index (κ2) is 6.80. The topological polar surface area (TPSA) is 46.5 Å². The van der Waals surface area contributed by atoms with E-state index < -0.39 is 5.97 Å². The molecule has 1 saturated carbocycles. The van der Waals surface area contributed by atoms with Crippen LogP contribution in [-0.4, -0.2) is 23.8 Å². The molecule has 1 fully saturated rings. The number of carboxylic acid groups (broad SMARTS) is 1. The average Bonchev–Trinajstić information content (AvgIpc) is 2.28. The third-order valence-electron chi connectivity index (χ3n) is 3.87. The molecule has 0 heterocycles. The van der Waals surface area contributed by atoms with Crippen molar-refractivity contribution in [2.45, 2.75) is 52.6 Å². The van der Waals surface area contributed by atoms with Crippen LogP contribution in [0.25, 0.3) is 0 Å². The van der Waals surface area contributed by atoms with E-state index in [1.165, 1.54) is 6.42 Å². The van der Waals surface area contributed by atoms with E-state index >= 15 is 0 Å². The van der Waals surface area contributed by atoms with Gasteiger partial charge in [-0.3, -0.25) is 0 Å². The van der Waals surface area contributed by atoms with E-state index in [1.807, 2.05) is 6.92 Å². The molecule has 1 rings (SSSR count). The largest absolute Gasteiger partial charge is 0.478 e. The maximum Gasteiger partial charge on any atom is 0.331 e. The van der Waals surface area contributed by atoms with Crippen LogP contribution in [0, 0.1) is 11.8 Å². The lowest BCUT2D eigenvalue weighted by molar-refractivity contribution is -0.132. The summed E-state index contributed by atoms with van der Waals surface area (Å²) in [5.74, 6) is 0.667. The molecule has 0 saturated heterocycles. The number of hydrogen-bond acceptors (Lipinski definition) is 2. The van der Waals surface area contributed by atoms with Crippen LogP contribution in [0.5, 0.6) is 0 Å². The third kappa shape index (κ3) is 4.50. The van der Waals surface area contributed by atoms with Crippen molar-refractivity contribution in [1.29, 1.82) is 0 Å². The fourth-order valence-electron chi connectivity index (χ4n) is 2.32. The summed E-state index contributed by atoms with van der Waals surface area (Å²) in [5.41, 5.74) is 0.447. The van der Waals surface area contributed by atoms with Crippen LogP contribution in [0.4, 0.5) is 0 Å². The zero-order valence-corrected chi connectivity index (χ0v) is 11.1. The first-order chi connectivity index (χ1) is 8.04. The molecule has 0 spiro atoms. The molecular weight excluding hydrogens is 216 g/mol. The number of rotatable bonds is 5. The van der Waals surface area contributed by atoms with Gasteiger partial charge in [0.2, 0.25) is 0 Å². The van der Waals surface area contributed by atoms with Crippen molar-refractivity contribution >= 4 is 5.97 Å². The van der Waals surface area contributed by atoms with Gasteiger partial charge in [0.15, 0.2) is 0 Å². The van der Waals surface area contributed by atoms with Gasteiger partial charge >= 0.3 is 5.97 Å². The van der Waals surface area contributed by atoms with Gasteiger partial charge in [0.25, 0.3) is 0 Å². The van der Waals surface area contributed by atoms with Crippen molar-refractivity contribution in [3.63, 3.8) is 0 Å². The lowest BCUT2D eigenvalue weighted by atomic mass is 9.80. The predicted octanol–water partition coefficient (Wildman–Crippen LogP) is 3.25. The Morgan fingerprint density at radius 2 is 2.06 bits per heavy atom. The van der Waals surface area contributed by atoms with E-state index in [1.54, 1.807) is 6.08 Å². The molecule has 0 aromatic heterocycles. The Hall–Kier alpha value is -0.830. The van der Waals surface area contributed by atoms with E-state index in [-0.39, 0.29) is 0 Å². The minimum Gasteiger partial charge on any atom is -0.478 e. The molecule has 0 bridgehead atoms. The average molecular weight is 240 g/mol. The first-order valence-electron chi connectivity index (χ1n) is 6.58. The number of carboxylic acids is 1. The van der Waals surface area contributed by atoms with Crippen LogP contribution in [0.3, 0.4) is 0 Å². The lowest BCUT2D eigenvalue weighted by Crippen LogP contribution is -2.26. The molecule has 0 aromatic rings. The van der Waals surface area contributed by atoms with Crippen molar-refractivity contribution in [3.05, 3.63) is 11.6 Å². The molecule has 3 nitrogen and oxygen atoms in total. The Labute approximate surface area is 104 Å². The van der Waals surface area contributed by atoms with Gasteiger partial charge in [0, 0.05) is 5.57 Å². The van der Waals surface area contributed by atoms with E-state index in [0.29, 0.717) is 30.6 Å². The minimum absolute atomic E-state index is 0.310. The van der Waals surface area contributed by atoms with Crippen molar-refractivity contribution < 1.29 is 14.6 Å². The summed E-state index contributed by atoms with van der Waals surface area (Å²) in [5, 5.41) is 8.86. The molecule has 98 valence electrons. The molecule has 3 atom stereocenters. The van der Waals surface area contributed by atoms with Crippen molar-refractivity contribution in [3.8, 4) is 0 Å². The number of hydrogen-bond donors (Lipinski definition) is 1. The summed E-state index contributed by atoms with van der Waals surface area (Å²) in [6, 6.07) is 0. The zero-order valence-electron chi connectivity index (χ0n) is 11.1. The van der Waals surface area contributed by atoms with Crippen molar-refractivity contribution in [2.75, 3.05) is 6.61 Å². The SMILES string of the molecule is CCC(=CCOC1CCC(C)C(C)C1)C(=O)O. The summed E-state index contributed by atoms with van der Waals surface area (Å²) in [7, 11) is 0. The molecule has 3 heteroatoms. The second-order valence-electron chi connectivity index (χ2n) is 5.11. The van der Waals surface area contributed by atoms with Crippen LogP contribution in [0.1, 0.15) is 46.5 Å². The summed E-state index contributed by atoms with van der Waals surface area (Å²) in [6.45, 7) is 6.84. The standard InChI is InChI=1S/C14H24O3/c1-4-12(14(15)16)7-8-17-13-6-5-10(2)11(3)9-13/h7,10-11,13H,4-6,8-9H2,1-3H3,(H,15,16). The first kappa shape index (κ1) is 14.2. The third-order valence-corrected chi connectivity index (χ3v) is 3.87. The molecule has 0 aliphatic heterocycles. The van der Waals surface area contributed by atoms with Crippen LogP contribution >= 0.6 is 0 Å². The van der Waals surface area contributed by atoms with E-state index in [0.717, 1.165) is 18.8 Å². The molecular formula is C14H24O3. The summed E-state index contributed by atoms with van der Waals surface area (Å²) in [4.78, 5) is 10.8. The van der Waals surface area contributed by atoms with Crippen LogP contribution < -0.4 is 0 Å². The maximum absolute atomic E-state index is 10.8. The van der Waals surface area contributed by atoms with E-state index in [9.17, 15) is 4.79 Å². The number of ether oxygens (including phenoxy) is 1. The molecule has 1 aliphatic rings. The number of aliphatic carboxylic acids is 1. The lowest BCUT2D eigenvalue weighted by Gasteiger charge is -2.31. The zero-order chi connectivity index (χ0) is 12.8. The highest BCUT2D eigenvalue weighted by Crippen LogP contribution is 2.30. The van der Waals surface area contributed by atoms with E-state index in [4.69, 9.17) is 9.84 Å². The second-order valence-corrected chi connectivity index (χ2v) is 5.11. The summed E-state index contributed by atoms with van der Waals surface area (Å²) >= 11 is 0.